The van der Waals surface area contributed by atoms with E-state index in [9.17, 15) is 0 Å². The average Bonchev–Trinajstić information content (AvgIpc) is 2.85. The van der Waals surface area contributed by atoms with E-state index >= 15 is 0 Å². The van der Waals surface area contributed by atoms with Gasteiger partial charge in [-0.2, -0.15) is 0 Å². The standard InChI is InChI=1S/C12H19NS/c1-2-10-7-8-14-12(10)9-13-11-5-3-4-6-11/h7-8,11,13H,2-6,9H2,1H3. The summed E-state index contributed by atoms with van der Waals surface area (Å²) in [5.41, 5.74) is 1.53. The molecule has 1 aromatic heterocycles. The molecule has 0 unspecified atom stereocenters. The lowest BCUT2D eigenvalue weighted by molar-refractivity contribution is 0.526. The summed E-state index contributed by atoms with van der Waals surface area (Å²) < 4.78 is 0. The third-order valence-electron chi connectivity index (χ3n) is 3.13. The molecule has 14 heavy (non-hydrogen) atoms. The highest BCUT2D eigenvalue weighted by atomic mass is 32.1. The highest BCUT2D eigenvalue weighted by Gasteiger charge is 2.14. The molecule has 0 atom stereocenters. The van der Waals surface area contributed by atoms with E-state index in [1.807, 2.05) is 11.3 Å². The number of aryl methyl sites for hydroxylation is 1. The second-order valence-electron chi connectivity index (χ2n) is 4.08. The monoisotopic (exact) mass is 209 g/mol. The first kappa shape index (κ1) is 10.2. The van der Waals surface area contributed by atoms with Crippen LogP contribution in [-0.4, -0.2) is 6.04 Å². The summed E-state index contributed by atoms with van der Waals surface area (Å²) in [6.45, 7) is 3.33. The molecule has 2 heteroatoms. The summed E-state index contributed by atoms with van der Waals surface area (Å²) in [6, 6.07) is 3.05. The maximum Gasteiger partial charge on any atom is 0.0305 e. The van der Waals surface area contributed by atoms with Crippen molar-refractivity contribution in [3.8, 4) is 0 Å². The minimum atomic E-state index is 0.793. The predicted octanol–water partition coefficient (Wildman–Crippen LogP) is 3.34. The molecule has 1 heterocycles. The molecule has 0 saturated heterocycles. The Morgan fingerprint density at radius 2 is 2.21 bits per heavy atom. The van der Waals surface area contributed by atoms with Gasteiger partial charge in [0, 0.05) is 17.5 Å². The Kier molecular flexibility index (Phi) is 3.60. The first-order chi connectivity index (χ1) is 6.90. The Morgan fingerprint density at radius 1 is 1.43 bits per heavy atom. The molecular weight excluding hydrogens is 190 g/mol. The van der Waals surface area contributed by atoms with Gasteiger partial charge in [-0.15, -0.1) is 11.3 Å². The van der Waals surface area contributed by atoms with Crippen molar-refractivity contribution < 1.29 is 0 Å². The number of nitrogens with one attached hydrogen (secondary N) is 1. The molecule has 78 valence electrons. The minimum absolute atomic E-state index is 0.793. The van der Waals surface area contributed by atoms with Crippen LogP contribution in [0.15, 0.2) is 11.4 Å². The zero-order valence-electron chi connectivity index (χ0n) is 8.88. The van der Waals surface area contributed by atoms with Crippen molar-refractivity contribution in [2.75, 3.05) is 0 Å². The van der Waals surface area contributed by atoms with Gasteiger partial charge in [-0.1, -0.05) is 19.8 Å². The third-order valence-corrected chi connectivity index (χ3v) is 4.09. The topological polar surface area (TPSA) is 12.0 Å². The Hall–Kier alpha value is -0.340. The van der Waals surface area contributed by atoms with Crippen LogP contribution in [-0.2, 0) is 13.0 Å². The lowest BCUT2D eigenvalue weighted by Crippen LogP contribution is -2.25. The van der Waals surface area contributed by atoms with Crippen LogP contribution in [0.25, 0.3) is 0 Å². The summed E-state index contributed by atoms with van der Waals surface area (Å²) in [5, 5.41) is 5.88. The van der Waals surface area contributed by atoms with Crippen LogP contribution < -0.4 is 5.32 Å². The molecule has 2 rings (SSSR count). The summed E-state index contributed by atoms with van der Waals surface area (Å²) >= 11 is 1.89. The molecule has 1 aromatic rings. The van der Waals surface area contributed by atoms with E-state index in [0.717, 1.165) is 12.6 Å². The first-order valence-corrected chi connectivity index (χ1v) is 6.56. The smallest absolute Gasteiger partial charge is 0.0305 e. The van der Waals surface area contributed by atoms with Crippen molar-refractivity contribution in [1.82, 2.24) is 5.32 Å². The van der Waals surface area contributed by atoms with Gasteiger partial charge < -0.3 is 5.32 Å². The summed E-state index contributed by atoms with van der Waals surface area (Å²) in [6.07, 6.45) is 6.77. The fraction of sp³-hybridized carbons (Fsp3) is 0.667. The van der Waals surface area contributed by atoms with Crippen LogP contribution >= 0.6 is 11.3 Å². The van der Waals surface area contributed by atoms with Gasteiger partial charge >= 0.3 is 0 Å². The van der Waals surface area contributed by atoms with Gasteiger partial charge in [-0.3, -0.25) is 0 Å². The van der Waals surface area contributed by atoms with Gasteiger partial charge in [0.2, 0.25) is 0 Å². The molecule has 1 aliphatic rings. The largest absolute Gasteiger partial charge is 0.309 e. The van der Waals surface area contributed by atoms with E-state index in [4.69, 9.17) is 0 Å². The number of thiophene rings is 1. The molecule has 1 N–H and O–H groups in total. The highest BCUT2D eigenvalue weighted by Crippen LogP contribution is 2.21. The zero-order valence-corrected chi connectivity index (χ0v) is 9.70. The second kappa shape index (κ2) is 4.94. The average molecular weight is 209 g/mol. The Bertz CT molecular complexity index is 274. The van der Waals surface area contributed by atoms with Crippen molar-refractivity contribution in [1.29, 1.82) is 0 Å². The van der Waals surface area contributed by atoms with Crippen LogP contribution in [0, 0.1) is 0 Å². The van der Waals surface area contributed by atoms with Gasteiger partial charge in [-0.05, 0) is 36.3 Å². The fourth-order valence-electron chi connectivity index (χ4n) is 2.20. The molecule has 0 aromatic carbocycles. The van der Waals surface area contributed by atoms with E-state index in [2.05, 4.69) is 23.7 Å². The van der Waals surface area contributed by atoms with Gasteiger partial charge in [0.1, 0.15) is 0 Å². The molecule has 0 aliphatic heterocycles. The molecule has 1 saturated carbocycles. The van der Waals surface area contributed by atoms with Crippen LogP contribution in [0.4, 0.5) is 0 Å². The molecule has 1 fully saturated rings. The van der Waals surface area contributed by atoms with Crippen LogP contribution in [0.3, 0.4) is 0 Å². The number of hydrogen-bond donors (Lipinski definition) is 1. The van der Waals surface area contributed by atoms with Crippen LogP contribution in [0.2, 0.25) is 0 Å². The Labute approximate surface area is 90.5 Å². The predicted molar refractivity (Wildman–Crippen MR) is 62.8 cm³/mol. The maximum absolute atomic E-state index is 3.67. The number of hydrogen-bond acceptors (Lipinski definition) is 2. The van der Waals surface area contributed by atoms with Gasteiger partial charge in [0.25, 0.3) is 0 Å². The van der Waals surface area contributed by atoms with E-state index in [1.165, 1.54) is 37.7 Å². The van der Waals surface area contributed by atoms with Crippen molar-refractivity contribution in [3.05, 3.63) is 21.9 Å². The molecule has 0 spiro atoms. The molecule has 0 bridgehead atoms. The summed E-state index contributed by atoms with van der Waals surface area (Å²) in [4.78, 5) is 1.54. The quantitative estimate of drug-likeness (QED) is 0.802. The molecule has 1 aliphatic carbocycles. The number of rotatable bonds is 4. The van der Waals surface area contributed by atoms with Crippen molar-refractivity contribution >= 4 is 11.3 Å². The first-order valence-electron chi connectivity index (χ1n) is 5.68. The summed E-state index contributed by atoms with van der Waals surface area (Å²) in [5.74, 6) is 0. The third kappa shape index (κ3) is 2.37. The highest BCUT2D eigenvalue weighted by molar-refractivity contribution is 7.10. The zero-order chi connectivity index (χ0) is 9.80. The van der Waals surface area contributed by atoms with Crippen LogP contribution in [0.5, 0.6) is 0 Å². The SMILES string of the molecule is CCc1ccsc1CNC1CCCC1. The van der Waals surface area contributed by atoms with E-state index < -0.39 is 0 Å². The Balaban J connectivity index is 1.84. The normalized spacial score (nSPS) is 17.8. The van der Waals surface area contributed by atoms with E-state index in [-0.39, 0.29) is 0 Å². The second-order valence-corrected chi connectivity index (χ2v) is 5.09. The molecule has 0 radical (unpaired) electrons. The van der Waals surface area contributed by atoms with Gasteiger partial charge in [-0.25, -0.2) is 0 Å². The molecule has 1 nitrogen and oxygen atoms in total. The van der Waals surface area contributed by atoms with Crippen molar-refractivity contribution in [2.24, 2.45) is 0 Å². The lowest BCUT2D eigenvalue weighted by atomic mass is 10.2. The van der Waals surface area contributed by atoms with Crippen molar-refractivity contribution in [3.63, 3.8) is 0 Å². The fourth-order valence-corrected chi connectivity index (χ4v) is 3.13. The maximum atomic E-state index is 3.67. The van der Waals surface area contributed by atoms with E-state index in [1.54, 1.807) is 4.88 Å². The Morgan fingerprint density at radius 3 is 2.93 bits per heavy atom. The van der Waals surface area contributed by atoms with Crippen LogP contribution in [0.1, 0.15) is 43.0 Å². The van der Waals surface area contributed by atoms with Crippen molar-refractivity contribution in [2.45, 2.75) is 51.6 Å². The van der Waals surface area contributed by atoms with Gasteiger partial charge in [0.05, 0.1) is 0 Å². The van der Waals surface area contributed by atoms with E-state index in [0.29, 0.717) is 0 Å². The van der Waals surface area contributed by atoms with Gasteiger partial charge in [0.15, 0.2) is 0 Å². The minimum Gasteiger partial charge on any atom is -0.309 e. The summed E-state index contributed by atoms with van der Waals surface area (Å²) in [7, 11) is 0. The molecule has 0 amide bonds. The molecular formula is C12H19NS. The lowest BCUT2D eigenvalue weighted by Gasteiger charge is -2.11.